The molecule has 0 amide bonds. The lowest BCUT2D eigenvalue weighted by Crippen LogP contribution is -2.30. The molecule has 0 radical (unpaired) electrons. The quantitative estimate of drug-likeness (QED) is 0.690. The van der Waals surface area contributed by atoms with Gasteiger partial charge in [-0.25, -0.2) is 0 Å². The van der Waals surface area contributed by atoms with Crippen LogP contribution in [-0.2, 0) is 4.79 Å². The van der Waals surface area contributed by atoms with Gasteiger partial charge in [0.25, 0.3) is 0 Å². The zero-order valence-corrected chi connectivity index (χ0v) is 12.0. The van der Waals surface area contributed by atoms with Gasteiger partial charge in [-0.05, 0) is 25.5 Å². The van der Waals surface area contributed by atoms with Crippen molar-refractivity contribution in [3.63, 3.8) is 0 Å². The normalized spacial score (nSPS) is 12.6. The van der Waals surface area contributed by atoms with Crippen LogP contribution in [0.3, 0.4) is 0 Å². The summed E-state index contributed by atoms with van der Waals surface area (Å²) in [5.74, 6) is -0.722. The lowest BCUT2D eigenvalue weighted by atomic mass is 10.1. The molecular formula is C16H25NO2. The lowest BCUT2D eigenvalue weighted by Gasteiger charge is -2.29. The highest BCUT2D eigenvalue weighted by molar-refractivity contribution is 5.66. The largest absolute Gasteiger partial charge is 0.481 e. The zero-order valence-electron chi connectivity index (χ0n) is 12.0. The summed E-state index contributed by atoms with van der Waals surface area (Å²) < 4.78 is 0. The van der Waals surface area contributed by atoms with Crippen LogP contribution in [0.4, 0.5) is 0 Å². The molecule has 3 heteroatoms. The average molecular weight is 263 g/mol. The Hall–Kier alpha value is -1.35. The minimum Gasteiger partial charge on any atom is -0.481 e. The van der Waals surface area contributed by atoms with Gasteiger partial charge < -0.3 is 5.11 Å². The summed E-state index contributed by atoms with van der Waals surface area (Å²) in [6.07, 6.45) is 3.73. The monoisotopic (exact) mass is 263 g/mol. The van der Waals surface area contributed by atoms with Gasteiger partial charge in [0.15, 0.2) is 0 Å². The van der Waals surface area contributed by atoms with Crippen molar-refractivity contribution >= 4 is 5.97 Å². The van der Waals surface area contributed by atoms with Crippen LogP contribution < -0.4 is 0 Å². The fourth-order valence-corrected chi connectivity index (χ4v) is 2.25. The maximum Gasteiger partial charge on any atom is 0.304 e. The van der Waals surface area contributed by atoms with E-state index in [2.05, 4.69) is 30.9 Å². The van der Waals surface area contributed by atoms with Crippen molar-refractivity contribution in [1.29, 1.82) is 0 Å². The number of carboxylic acids is 1. The van der Waals surface area contributed by atoms with E-state index >= 15 is 0 Å². The molecule has 1 N–H and O–H groups in total. The number of rotatable bonds is 9. The Morgan fingerprint density at radius 3 is 2.47 bits per heavy atom. The predicted molar refractivity (Wildman–Crippen MR) is 78.2 cm³/mol. The van der Waals surface area contributed by atoms with Crippen molar-refractivity contribution in [1.82, 2.24) is 4.90 Å². The molecule has 1 rings (SSSR count). The predicted octanol–water partition coefficient (Wildman–Crippen LogP) is 3.71. The molecule has 0 aliphatic carbocycles. The van der Waals surface area contributed by atoms with Crippen molar-refractivity contribution in [2.75, 3.05) is 13.1 Å². The number of carbonyl (C=O) groups is 1. The van der Waals surface area contributed by atoms with E-state index in [0.29, 0.717) is 6.54 Å². The number of unbranched alkanes of at least 4 members (excludes halogenated alkanes) is 2. The van der Waals surface area contributed by atoms with Crippen molar-refractivity contribution in [2.24, 2.45) is 0 Å². The van der Waals surface area contributed by atoms with Gasteiger partial charge in [0.2, 0.25) is 0 Å². The summed E-state index contributed by atoms with van der Waals surface area (Å²) >= 11 is 0. The van der Waals surface area contributed by atoms with E-state index in [1.807, 2.05) is 18.2 Å². The van der Waals surface area contributed by atoms with Gasteiger partial charge in [0, 0.05) is 12.6 Å². The van der Waals surface area contributed by atoms with Crippen LogP contribution in [0, 0.1) is 0 Å². The van der Waals surface area contributed by atoms with Crippen molar-refractivity contribution in [3.8, 4) is 0 Å². The SMILES string of the molecule is CCCCCN(CCC(=O)O)C(C)c1ccccc1. The Morgan fingerprint density at radius 2 is 1.89 bits per heavy atom. The Labute approximate surface area is 116 Å². The Balaban J connectivity index is 2.62. The van der Waals surface area contributed by atoms with E-state index in [0.717, 1.165) is 13.0 Å². The molecule has 1 unspecified atom stereocenters. The van der Waals surface area contributed by atoms with E-state index in [1.54, 1.807) is 0 Å². The van der Waals surface area contributed by atoms with E-state index in [4.69, 9.17) is 5.11 Å². The third-order valence-electron chi connectivity index (χ3n) is 3.49. The first-order valence-corrected chi connectivity index (χ1v) is 7.16. The van der Waals surface area contributed by atoms with E-state index in [9.17, 15) is 4.79 Å². The number of benzene rings is 1. The Kier molecular flexibility index (Phi) is 7.19. The highest BCUT2D eigenvalue weighted by Crippen LogP contribution is 2.20. The fourth-order valence-electron chi connectivity index (χ4n) is 2.25. The number of aliphatic carboxylic acids is 1. The van der Waals surface area contributed by atoms with Gasteiger partial charge in [-0.1, -0.05) is 50.1 Å². The van der Waals surface area contributed by atoms with Crippen molar-refractivity contribution < 1.29 is 9.90 Å². The maximum atomic E-state index is 10.8. The number of nitrogens with zero attached hydrogens (tertiary/aromatic N) is 1. The van der Waals surface area contributed by atoms with Gasteiger partial charge in [-0.15, -0.1) is 0 Å². The van der Waals surface area contributed by atoms with Crippen molar-refractivity contribution in [3.05, 3.63) is 35.9 Å². The summed E-state index contributed by atoms with van der Waals surface area (Å²) in [7, 11) is 0. The molecule has 0 fully saturated rings. The summed E-state index contributed by atoms with van der Waals surface area (Å²) in [5.41, 5.74) is 1.25. The number of hydrogen-bond acceptors (Lipinski definition) is 2. The minimum absolute atomic E-state index is 0.212. The molecule has 106 valence electrons. The second kappa shape index (κ2) is 8.70. The zero-order chi connectivity index (χ0) is 14.1. The third kappa shape index (κ3) is 5.88. The summed E-state index contributed by atoms with van der Waals surface area (Å²) in [6, 6.07) is 10.6. The second-order valence-electron chi connectivity index (χ2n) is 4.97. The Morgan fingerprint density at radius 1 is 1.21 bits per heavy atom. The minimum atomic E-state index is -0.722. The van der Waals surface area contributed by atoms with E-state index in [1.165, 1.54) is 18.4 Å². The average Bonchev–Trinajstić information content (AvgIpc) is 2.42. The van der Waals surface area contributed by atoms with Gasteiger partial charge in [-0.3, -0.25) is 9.69 Å². The van der Waals surface area contributed by atoms with Gasteiger partial charge in [-0.2, -0.15) is 0 Å². The number of carboxylic acid groups (broad SMARTS) is 1. The van der Waals surface area contributed by atoms with Crippen LogP contribution in [0.15, 0.2) is 30.3 Å². The highest BCUT2D eigenvalue weighted by atomic mass is 16.4. The van der Waals surface area contributed by atoms with E-state index < -0.39 is 5.97 Å². The van der Waals surface area contributed by atoms with Gasteiger partial charge >= 0.3 is 5.97 Å². The molecule has 0 aliphatic rings. The molecule has 0 spiro atoms. The molecule has 1 atom stereocenters. The molecule has 1 aromatic carbocycles. The lowest BCUT2D eigenvalue weighted by molar-refractivity contribution is -0.137. The molecule has 1 aromatic rings. The van der Waals surface area contributed by atoms with Crippen LogP contribution in [0.25, 0.3) is 0 Å². The topological polar surface area (TPSA) is 40.5 Å². The third-order valence-corrected chi connectivity index (χ3v) is 3.49. The highest BCUT2D eigenvalue weighted by Gasteiger charge is 2.16. The first kappa shape index (κ1) is 15.7. The standard InChI is InChI=1S/C16H25NO2/c1-3-4-8-12-17(13-11-16(18)19)14(2)15-9-6-5-7-10-15/h5-7,9-10,14H,3-4,8,11-13H2,1-2H3,(H,18,19). The molecule has 0 aromatic heterocycles. The summed E-state index contributed by atoms with van der Waals surface area (Å²) in [4.78, 5) is 13.0. The second-order valence-corrected chi connectivity index (χ2v) is 4.97. The molecule has 0 heterocycles. The van der Waals surface area contributed by atoms with Crippen molar-refractivity contribution in [2.45, 2.75) is 45.6 Å². The van der Waals surface area contributed by atoms with E-state index in [-0.39, 0.29) is 12.5 Å². The first-order chi connectivity index (χ1) is 9.15. The molecule has 0 saturated carbocycles. The molecule has 0 saturated heterocycles. The smallest absolute Gasteiger partial charge is 0.304 e. The van der Waals surface area contributed by atoms with Crippen LogP contribution in [0.2, 0.25) is 0 Å². The first-order valence-electron chi connectivity index (χ1n) is 7.16. The molecular weight excluding hydrogens is 238 g/mol. The maximum absolute atomic E-state index is 10.8. The number of hydrogen-bond donors (Lipinski definition) is 1. The van der Waals surface area contributed by atoms with Crippen LogP contribution >= 0.6 is 0 Å². The molecule has 0 bridgehead atoms. The summed E-state index contributed by atoms with van der Waals surface area (Å²) in [6.45, 7) is 5.93. The molecule has 0 aliphatic heterocycles. The fraction of sp³-hybridized carbons (Fsp3) is 0.562. The molecule has 3 nitrogen and oxygen atoms in total. The van der Waals surface area contributed by atoms with Gasteiger partial charge in [0.05, 0.1) is 6.42 Å². The summed E-state index contributed by atoms with van der Waals surface area (Å²) in [5, 5.41) is 8.86. The van der Waals surface area contributed by atoms with Gasteiger partial charge in [0.1, 0.15) is 0 Å². The van der Waals surface area contributed by atoms with Crippen LogP contribution in [-0.4, -0.2) is 29.1 Å². The van der Waals surface area contributed by atoms with Crippen LogP contribution in [0.5, 0.6) is 0 Å². The molecule has 19 heavy (non-hydrogen) atoms. The van der Waals surface area contributed by atoms with Crippen LogP contribution in [0.1, 0.15) is 51.1 Å². The Bertz CT molecular complexity index is 364.